The standard InChI is InChI=1S/C28H34O7/c1-5-6-7-8-9-14-31-27-21-16-20(34-18(2)3)11-13-22(21)35-26(25(27)28(29)30-4)19-10-12-23-24(15-19)33-17-32-23/h10-13,15-16,18,26H,5-9,14,17H2,1-4H3. The van der Waals surface area contributed by atoms with E-state index >= 15 is 0 Å². The van der Waals surface area contributed by atoms with Crippen LogP contribution in [0.3, 0.4) is 0 Å². The minimum atomic E-state index is -0.726. The fraction of sp³-hybridized carbons (Fsp3) is 0.464. The maximum absolute atomic E-state index is 13.1. The average molecular weight is 483 g/mol. The van der Waals surface area contributed by atoms with E-state index in [0.29, 0.717) is 46.5 Å². The molecule has 35 heavy (non-hydrogen) atoms. The van der Waals surface area contributed by atoms with Gasteiger partial charge in [0.1, 0.15) is 22.8 Å². The van der Waals surface area contributed by atoms with Crippen molar-refractivity contribution in [1.82, 2.24) is 0 Å². The van der Waals surface area contributed by atoms with Gasteiger partial charge in [-0.1, -0.05) is 38.7 Å². The van der Waals surface area contributed by atoms with Gasteiger partial charge in [0, 0.05) is 5.56 Å². The highest BCUT2D eigenvalue weighted by atomic mass is 16.7. The summed E-state index contributed by atoms with van der Waals surface area (Å²) in [5.41, 5.74) is 1.73. The van der Waals surface area contributed by atoms with Gasteiger partial charge in [0.25, 0.3) is 0 Å². The fourth-order valence-electron chi connectivity index (χ4n) is 4.24. The van der Waals surface area contributed by atoms with Crippen molar-refractivity contribution in [2.24, 2.45) is 0 Å². The van der Waals surface area contributed by atoms with E-state index in [1.165, 1.54) is 20.0 Å². The molecule has 0 bridgehead atoms. The van der Waals surface area contributed by atoms with Crippen LogP contribution >= 0.6 is 0 Å². The van der Waals surface area contributed by atoms with Crippen LogP contribution in [0.25, 0.3) is 5.76 Å². The number of fused-ring (bicyclic) bond motifs is 2. The second-order valence-corrected chi connectivity index (χ2v) is 8.93. The molecule has 1 unspecified atom stereocenters. The highest BCUT2D eigenvalue weighted by molar-refractivity contribution is 5.99. The molecule has 2 heterocycles. The molecule has 0 N–H and O–H groups in total. The summed E-state index contributed by atoms with van der Waals surface area (Å²) in [7, 11) is 1.36. The van der Waals surface area contributed by atoms with Crippen LogP contribution in [-0.2, 0) is 14.3 Å². The van der Waals surface area contributed by atoms with Gasteiger partial charge in [0.05, 0.1) is 25.4 Å². The SMILES string of the molecule is CCCCCCCOC1=C(C(=O)OC)C(c2ccc3c(c2)OCO3)Oc2ccc(OC(C)C)cc21. The van der Waals surface area contributed by atoms with Crippen LogP contribution in [0, 0.1) is 0 Å². The third-order valence-electron chi connectivity index (χ3n) is 5.92. The van der Waals surface area contributed by atoms with Crippen LogP contribution in [-0.4, -0.2) is 32.6 Å². The Morgan fingerprint density at radius 1 is 1.00 bits per heavy atom. The van der Waals surface area contributed by atoms with Crippen molar-refractivity contribution in [2.75, 3.05) is 20.5 Å². The molecule has 2 aromatic carbocycles. The number of hydrogen-bond donors (Lipinski definition) is 0. The van der Waals surface area contributed by atoms with E-state index in [1.807, 2.05) is 50.2 Å². The molecule has 7 nitrogen and oxygen atoms in total. The van der Waals surface area contributed by atoms with E-state index < -0.39 is 12.1 Å². The van der Waals surface area contributed by atoms with Crippen LogP contribution in [0.15, 0.2) is 42.0 Å². The molecule has 0 spiro atoms. The van der Waals surface area contributed by atoms with Gasteiger partial charge in [-0.3, -0.25) is 0 Å². The van der Waals surface area contributed by atoms with Crippen LogP contribution in [0.4, 0.5) is 0 Å². The van der Waals surface area contributed by atoms with E-state index in [2.05, 4.69) is 6.92 Å². The Hall–Kier alpha value is -3.35. The number of rotatable bonds is 11. The minimum Gasteiger partial charge on any atom is -0.492 e. The van der Waals surface area contributed by atoms with Crippen molar-refractivity contribution in [1.29, 1.82) is 0 Å². The van der Waals surface area contributed by atoms with E-state index in [-0.39, 0.29) is 12.9 Å². The Bertz CT molecular complexity index is 1070. The van der Waals surface area contributed by atoms with E-state index in [1.54, 1.807) is 0 Å². The summed E-state index contributed by atoms with van der Waals surface area (Å²) < 4.78 is 34.8. The van der Waals surface area contributed by atoms with Gasteiger partial charge < -0.3 is 28.4 Å². The molecule has 0 fully saturated rings. The molecule has 2 aliphatic heterocycles. The van der Waals surface area contributed by atoms with Crippen molar-refractivity contribution < 1.29 is 33.2 Å². The Labute approximate surface area is 206 Å². The van der Waals surface area contributed by atoms with Gasteiger partial charge in [-0.2, -0.15) is 0 Å². The van der Waals surface area contributed by atoms with E-state index in [4.69, 9.17) is 28.4 Å². The van der Waals surface area contributed by atoms with Crippen molar-refractivity contribution >= 4 is 11.7 Å². The lowest BCUT2D eigenvalue weighted by atomic mass is 9.94. The summed E-state index contributed by atoms with van der Waals surface area (Å²) in [5.74, 6) is 2.52. The number of methoxy groups -OCH3 is 1. The topological polar surface area (TPSA) is 72.5 Å². The minimum absolute atomic E-state index is 0.00549. The Balaban J connectivity index is 1.73. The molecule has 188 valence electrons. The quantitative estimate of drug-likeness (QED) is 0.279. The fourth-order valence-corrected chi connectivity index (χ4v) is 4.24. The molecule has 0 radical (unpaired) electrons. The van der Waals surface area contributed by atoms with Gasteiger partial charge in [-0.15, -0.1) is 0 Å². The van der Waals surface area contributed by atoms with Crippen LogP contribution in [0.1, 0.15) is 70.1 Å². The number of hydrogen-bond acceptors (Lipinski definition) is 7. The van der Waals surface area contributed by atoms with Crippen molar-refractivity contribution in [3.63, 3.8) is 0 Å². The summed E-state index contributed by atoms with van der Waals surface area (Å²) >= 11 is 0. The second-order valence-electron chi connectivity index (χ2n) is 8.93. The first-order chi connectivity index (χ1) is 17.0. The number of ether oxygens (including phenoxy) is 6. The van der Waals surface area contributed by atoms with Gasteiger partial charge >= 0.3 is 5.97 Å². The van der Waals surface area contributed by atoms with Gasteiger partial charge in [-0.05, 0) is 50.6 Å². The van der Waals surface area contributed by atoms with E-state index in [9.17, 15) is 4.79 Å². The summed E-state index contributed by atoms with van der Waals surface area (Å²) in [6, 6.07) is 11.1. The summed E-state index contributed by atoms with van der Waals surface area (Å²) in [6.45, 7) is 6.78. The molecule has 7 heteroatoms. The predicted octanol–water partition coefficient (Wildman–Crippen LogP) is 6.21. The lowest BCUT2D eigenvalue weighted by molar-refractivity contribution is -0.137. The maximum Gasteiger partial charge on any atom is 0.341 e. The molecule has 0 amide bonds. The lowest BCUT2D eigenvalue weighted by Gasteiger charge is -2.30. The summed E-state index contributed by atoms with van der Waals surface area (Å²) in [6.07, 6.45) is 4.79. The first kappa shape index (κ1) is 24.8. The maximum atomic E-state index is 13.1. The second kappa shape index (κ2) is 11.4. The number of unbranched alkanes of at least 4 members (excludes halogenated alkanes) is 4. The first-order valence-electron chi connectivity index (χ1n) is 12.3. The highest BCUT2D eigenvalue weighted by Gasteiger charge is 2.37. The van der Waals surface area contributed by atoms with Crippen molar-refractivity contribution in [2.45, 2.75) is 65.1 Å². The molecule has 0 aromatic heterocycles. The Morgan fingerprint density at radius 3 is 2.54 bits per heavy atom. The predicted molar refractivity (Wildman–Crippen MR) is 132 cm³/mol. The number of carbonyl (C=O) groups excluding carboxylic acids is 1. The monoisotopic (exact) mass is 482 g/mol. The zero-order valence-electron chi connectivity index (χ0n) is 20.9. The third kappa shape index (κ3) is 5.66. The van der Waals surface area contributed by atoms with Gasteiger partial charge in [0.15, 0.2) is 17.6 Å². The normalized spacial score (nSPS) is 16.1. The van der Waals surface area contributed by atoms with Crippen molar-refractivity contribution in [3.05, 3.63) is 53.1 Å². The Kier molecular flexibility index (Phi) is 8.06. The molecule has 0 saturated carbocycles. The zero-order valence-corrected chi connectivity index (χ0v) is 20.9. The lowest BCUT2D eigenvalue weighted by Crippen LogP contribution is -2.25. The molecule has 2 aliphatic rings. The summed E-state index contributed by atoms with van der Waals surface area (Å²) in [5, 5.41) is 0. The van der Waals surface area contributed by atoms with Crippen LogP contribution in [0.2, 0.25) is 0 Å². The molecule has 0 aliphatic carbocycles. The van der Waals surface area contributed by atoms with E-state index in [0.717, 1.165) is 24.8 Å². The first-order valence-corrected chi connectivity index (χ1v) is 12.3. The highest BCUT2D eigenvalue weighted by Crippen LogP contribution is 2.46. The molecular weight excluding hydrogens is 448 g/mol. The third-order valence-corrected chi connectivity index (χ3v) is 5.92. The van der Waals surface area contributed by atoms with Crippen molar-refractivity contribution in [3.8, 4) is 23.0 Å². The molecular formula is C28H34O7. The van der Waals surface area contributed by atoms with Gasteiger partial charge in [-0.25, -0.2) is 4.79 Å². The molecule has 4 rings (SSSR count). The van der Waals surface area contributed by atoms with Crippen LogP contribution in [0.5, 0.6) is 23.0 Å². The number of carbonyl (C=O) groups is 1. The van der Waals surface area contributed by atoms with Gasteiger partial charge in [0.2, 0.25) is 6.79 Å². The smallest absolute Gasteiger partial charge is 0.341 e. The number of esters is 1. The summed E-state index contributed by atoms with van der Waals surface area (Å²) in [4.78, 5) is 13.1. The van der Waals surface area contributed by atoms with Crippen LogP contribution < -0.4 is 18.9 Å². The molecule has 1 atom stereocenters. The zero-order chi connectivity index (χ0) is 24.8. The molecule has 2 aromatic rings. The molecule has 0 saturated heterocycles. The number of benzene rings is 2. The Morgan fingerprint density at radius 2 is 1.77 bits per heavy atom. The largest absolute Gasteiger partial charge is 0.492 e. The average Bonchev–Trinajstić information content (AvgIpc) is 3.33.